The summed E-state index contributed by atoms with van der Waals surface area (Å²) in [6.45, 7) is -0.328. The molecule has 1 aromatic rings. The molecule has 2 amide bonds. The van der Waals surface area contributed by atoms with E-state index >= 15 is 0 Å². The van der Waals surface area contributed by atoms with Gasteiger partial charge in [-0.25, -0.2) is 8.78 Å². The molecule has 1 N–H and O–H groups in total. The molecule has 0 aromatic heterocycles. The summed E-state index contributed by atoms with van der Waals surface area (Å²) < 4.78 is 26.5. The Kier molecular flexibility index (Phi) is 2.63. The van der Waals surface area contributed by atoms with Gasteiger partial charge in [0.1, 0.15) is 0 Å². The van der Waals surface area contributed by atoms with Crippen molar-refractivity contribution in [1.29, 1.82) is 0 Å². The van der Waals surface area contributed by atoms with Gasteiger partial charge in [-0.15, -0.1) is 0 Å². The zero-order valence-electron chi connectivity index (χ0n) is 9.85. The van der Waals surface area contributed by atoms with Crippen molar-refractivity contribution in [3.05, 3.63) is 35.4 Å². The predicted octanol–water partition coefficient (Wildman–Crippen LogP) is 1.00. The van der Waals surface area contributed by atoms with E-state index in [9.17, 15) is 23.5 Å². The van der Waals surface area contributed by atoms with Gasteiger partial charge in [-0.1, -0.05) is 12.1 Å². The first-order valence-electron chi connectivity index (χ1n) is 5.98. The van der Waals surface area contributed by atoms with Crippen molar-refractivity contribution < 1.29 is 23.5 Å². The topological polar surface area (TPSA) is 57.6 Å². The van der Waals surface area contributed by atoms with Gasteiger partial charge in [-0.05, 0) is 12.5 Å². The van der Waals surface area contributed by atoms with Crippen LogP contribution >= 0.6 is 0 Å². The lowest BCUT2D eigenvalue weighted by Crippen LogP contribution is -2.36. The van der Waals surface area contributed by atoms with E-state index in [2.05, 4.69) is 0 Å². The molecule has 1 aromatic carbocycles. The number of likely N-dealkylation sites (tertiary alicyclic amines) is 1. The molecule has 0 radical (unpaired) electrons. The van der Waals surface area contributed by atoms with E-state index in [1.54, 1.807) is 0 Å². The molecule has 4 nitrogen and oxygen atoms in total. The molecule has 3 unspecified atom stereocenters. The molecule has 1 saturated heterocycles. The van der Waals surface area contributed by atoms with Gasteiger partial charge in [0.25, 0.3) is 0 Å². The van der Waals surface area contributed by atoms with Crippen LogP contribution in [-0.4, -0.2) is 28.4 Å². The maximum absolute atomic E-state index is 13.5. The van der Waals surface area contributed by atoms with Crippen molar-refractivity contribution in [2.75, 3.05) is 6.54 Å². The molecule has 6 heteroatoms. The summed E-state index contributed by atoms with van der Waals surface area (Å²) in [6.07, 6.45) is -0.848. The first-order valence-corrected chi connectivity index (χ1v) is 5.98. The van der Waals surface area contributed by atoms with Crippen LogP contribution in [0.3, 0.4) is 0 Å². The van der Waals surface area contributed by atoms with Gasteiger partial charge in [-0.2, -0.15) is 0 Å². The quantitative estimate of drug-likeness (QED) is 0.831. The van der Waals surface area contributed by atoms with Crippen molar-refractivity contribution in [3.63, 3.8) is 0 Å². The molecule has 0 spiro atoms. The molecule has 3 rings (SSSR count). The Morgan fingerprint density at radius 3 is 2.53 bits per heavy atom. The molecular weight excluding hydrogens is 256 g/mol. The van der Waals surface area contributed by atoms with Crippen LogP contribution in [0.4, 0.5) is 8.78 Å². The molecule has 0 bridgehead atoms. The van der Waals surface area contributed by atoms with Gasteiger partial charge < -0.3 is 5.11 Å². The number of benzene rings is 1. The fourth-order valence-corrected chi connectivity index (χ4v) is 2.48. The van der Waals surface area contributed by atoms with E-state index in [0.29, 0.717) is 6.42 Å². The third-order valence-electron chi connectivity index (χ3n) is 3.65. The second-order valence-corrected chi connectivity index (χ2v) is 4.89. The number of fused-ring (bicyclic) bond motifs is 1. The normalized spacial score (nSPS) is 26.6. The lowest BCUT2D eigenvalue weighted by atomic mass is 10.1. The van der Waals surface area contributed by atoms with Crippen LogP contribution in [0.5, 0.6) is 0 Å². The van der Waals surface area contributed by atoms with Crippen LogP contribution in [0, 0.1) is 23.5 Å². The Morgan fingerprint density at radius 2 is 1.89 bits per heavy atom. The number of β-amino-alcohol motifs (C(OH)–C–C–N with tert-alkyl or cyclic N) is 1. The third kappa shape index (κ3) is 1.83. The summed E-state index contributed by atoms with van der Waals surface area (Å²) in [5.74, 6) is -3.41. The maximum atomic E-state index is 13.5. The van der Waals surface area contributed by atoms with Gasteiger partial charge in [-0.3, -0.25) is 14.5 Å². The zero-order valence-corrected chi connectivity index (χ0v) is 9.85. The first-order chi connectivity index (χ1) is 9.00. The smallest absolute Gasteiger partial charge is 0.233 e. The second kappa shape index (κ2) is 4.09. The fraction of sp³-hybridized carbons (Fsp3) is 0.385. The predicted molar refractivity (Wildman–Crippen MR) is 59.6 cm³/mol. The van der Waals surface area contributed by atoms with Gasteiger partial charge in [0.15, 0.2) is 11.6 Å². The molecule has 1 heterocycles. The van der Waals surface area contributed by atoms with Crippen LogP contribution in [0.1, 0.15) is 18.1 Å². The molecule has 1 aliphatic heterocycles. The molecule has 3 atom stereocenters. The van der Waals surface area contributed by atoms with E-state index in [4.69, 9.17) is 0 Å². The Bertz CT molecular complexity index is 555. The highest BCUT2D eigenvalue weighted by molar-refractivity contribution is 6.08. The fourth-order valence-electron chi connectivity index (χ4n) is 2.48. The minimum Gasteiger partial charge on any atom is -0.386 e. The number of aliphatic hydroxyl groups is 1. The summed E-state index contributed by atoms with van der Waals surface area (Å²) in [5.41, 5.74) is -0.249. The Hall–Kier alpha value is -1.82. The van der Waals surface area contributed by atoms with E-state index in [-0.39, 0.29) is 35.8 Å². The minimum atomic E-state index is -1.42. The molecule has 19 heavy (non-hydrogen) atoms. The number of halogens is 2. The number of piperidine rings is 1. The number of imide groups is 1. The lowest BCUT2D eigenvalue weighted by Gasteiger charge is -2.20. The summed E-state index contributed by atoms with van der Waals surface area (Å²) in [6, 6.07) is 3.43. The highest BCUT2D eigenvalue weighted by Crippen LogP contribution is 2.47. The standard InChI is InChI=1S/C13H11F2NO3/c14-9-3-1-2-6(11(9)15)10(17)5-16-12(18)7-4-8(7)13(16)19/h1-3,7-8,10,17H,4-5H2. The monoisotopic (exact) mass is 267 g/mol. The molecule has 1 saturated carbocycles. The van der Waals surface area contributed by atoms with E-state index in [1.165, 1.54) is 12.1 Å². The Balaban J connectivity index is 1.78. The SMILES string of the molecule is O=C1C2CC2C(=O)N1CC(O)c1cccc(F)c1F. The van der Waals surface area contributed by atoms with Crippen LogP contribution < -0.4 is 0 Å². The van der Waals surface area contributed by atoms with E-state index in [1.807, 2.05) is 0 Å². The van der Waals surface area contributed by atoms with Gasteiger partial charge in [0.05, 0.1) is 24.5 Å². The number of aliphatic hydroxyl groups excluding tert-OH is 1. The highest BCUT2D eigenvalue weighted by atomic mass is 19.2. The average molecular weight is 267 g/mol. The maximum Gasteiger partial charge on any atom is 0.233 e. The summed E-state index contributed by atoms with van der Waals surface area (Å²) >= 11 is 0. The van der Waals surface area contributed by atoms with Gasteiger partial charge >= 0.3 is 0 Å². The largest absolute Gasteiger partial charge is 0.386 e. The summed E-state index contributed by atoms with van der Waals surface area (Å²) in [5, 5.41) is 9.87. The molecule has 2 fully saturated rings. The Morgan fingerprint density at radius 1 is 1.26 bits per heavy atom. The Labute approximate surface area is 107 Å². The molecular formula is C13H11F2NO3. The molecule has 1 aliphatic carbocycles. The first kappa shape index (κ1) is 12.2. The van der Waals surface area contributed by atoms with Crippen molar-refractivity contribution in [2.24, 2.45) is 11.8 Å². The van der Waals surface area contributed by atoms with Crippen LogP contribution in [-0.2, 0) is 9.59 Å². The summed E-state index contributed by atoms with van der Waals surface area (Å²) in [7, 11) is 0. The van der Waals surface area contributed by atoms with Crippen LogP contribution in [0.15, 0.2) is 18.2 Å². The van der Waals surface area contributed by atoms with Crippen molar-refractivity contribution in [3.8, 4) is 0 Å². The van der Waals surface area contributed by atoms with Crippen molar-refractivity contribution >= 4 is 11.8 Å². The lowest BCUT2D eigenvalue weighted by molar-refractivity contribution is -0.143. The zero-order chi connectivity index (χ0) is 13.7. The van der Waals surface area contributed by atoms with Crippen LogP contribution in [0.25, 0.3) is 0 Å². The van der Waals surface area contributed by atoms with Crippen molar-refractivity contribution in [2.45, 2.75) is 12.5 Å². The summed E-state index contributed by atoms with van der Waals surface area (Å²) in [4.78, 5) is 24.3. The number of hydrogen-bond donors (Lipinski definition) is 1. The van der Waals surface area contributed by atoms with E-state index in [0.717, 1.165) is 11.0 Å². The number of rotatable bonds is 3. The highest BCUT2D eigenvalue weighted by Gasteiger charge is 2.58. The minimum absolute atomic E-state index is 0.249. The molecule has 100 valence electrons. The average Bonchev–Trinajstić information content (AvgIpc) is 3.13. The van der Waals surface area contributed by atoms with Gasteiger partial charge in [0.2, 0.25) is 11.8 Å². The van der Waals surface area contributed by atoms with E-state index < -0.39 is 17.7 Å². The number of amides is 2. The van der Waals surface area contributed by atoms with Crippen molar-refractivity contribution in [1.82, 2.24) is 4.90 Å². The number of carbonyl (C=O) groups is 2. The second-order valence-electron chi connectivity index (χ2n) is 4.89. The molecule has 2 aliphatic rings. The number of hydrogen-bond acceptors (Lipinski definition) is 3. The third-order valence-corrected chi connectivity index (χ3v) is 3.65. The van der Waals surface area contributed by atoms with Gasteiger partial charge in [0, 0.05) is 5.56 Å². The number of carbonyl (C=O) groups excluding carboxylic acids is 2. The van der Waals surface area contributed by atoms with Crippen LogP contribution in [0.2, 0.25) is 0 Å². The number of nitrogens with zero attached hydrogens (tertiary/aromatic N) is 1.